The molecule has 3 heteroatoms. The summed E-state index contributed by atoms with van der Waals surface area (Å²) in [6.07, 6.45) is 4.99. The summed E-state index contributed by atoms with van der Waals surface area (Å²) in [7, 11) is 0. The van der Waals surface area contributed by atoms with E-state index in [9.17, 15) is 0 Å². The molecule has 1 atom stereocenters. The minimum atomic E-state index is 0.0139. The van der Waals surface area contributed by atoms with Gasteiger partial charge < -0.3 is 5.32 Å². The molecule has 1 saturated heterocycles. The third-order valence-corrected chi connectivity index (χ3v) is 4.25. The smallest absolute Gasteiger partial charge is 0.0535 e. The Morgan fingerprint density at radius 2 is 2.05 bits per heavy atom. The lowest BCUT2D eigenvalue weighted by atomic mass is 9.91. The van der Waals surface area contributed by atoms with Crippen LogP contribution in [-0.2, 0) is 12.1 Å². The molecule has 1 aromatic heterocycles. The zero-order valence-corrected chi connectivity index (χ0v) is 12.6. The van der Waals surface area contributed by atoms with Crippen LogP contribution in [0, 0.1) is 0 Å². The molecule has 1 unspecified atom stereocenters. The van der Waals surface area contributed by atoms with Crippen LogP contribution in [-0.4, -0.2) is 29.5 Å². The van der Waals surface area contributed by atoms with Gasteiger partial charge in [0.2, 0.25) is 0 Å². The summed E-state index contributed by atoms with van der Waals surface area (Å²) < 4.78 is 0. The molecule has 3 nitrogen and oxygen atoms in total. The maximum absolute atomic E-state index is 4.23. The molecule has 1 fully saturated rings. The predicted octanol–water partition coefficient (Wildman–Crippen LogP) is 2.79. The van der Waals surface area contributed by atoms with Gasteiger partial charge in [0, 0.05) is 25.5 Å². The topological polar surface area (TPSA) is 28.2 Å². The Bertz CT molecular complexity index is 555. The predicted molar refractivity (Wildman–Crippen MR) is 85.9 cm³/mol. The van der Waals surface area contributed by atoms with Crippen molar-refractivity contribution in [2.75, 3.05) is 19.6 Å². The van der Waals surface area contributed by atoms with Crippen LogP contribution < -0.4 is 5.32 Å². The number of hydrogen-bond donors (Lipinski definition) is 1. The molecule has 0 spiro atoms. The first-order chi connectivity index (χ1) is 10.3. The zero-order valence-electron chi connectivity index (χ0n) is 12.6. The van der Waals surface area contributed by atoms with Crippen molar-refractivity contribution >= 4 is 0 Å². The Kier molecular flexibility index (Phi) is 4.32. The van der Waals surface area contributed by atoms with Crippen molar-refractivity contribution in [3.63, 3.8) is 0 Å². The van der Waals surface area contributed by atoms with Crippen molar-refractivity contribution in [2.45, 2.75) is 25.4 Å². The van der Waals surface area contributed by atoms with Crippen LogP contribution in [0.4, 0.5) is 0 Å². The highest BCUT2D eigenvalue weighted by atomic mass is 15.2. The highest BCUT2D eigenvalue weighted by Crippen LogP contribution is 2.24. The van der Waals surface area contributed by atoms with Crippen LogP contribution >= 0.6 is 0 Å². The molecule has 1 N–H and O–H groups in total. The van der Waals surface area contributed by atoms with E-state index >= 15 is 0 Å². The lowest BCUT2D eigenvalue weighted by molar-refractivity contribution is 0.213. The van der Waals surface area contributed by atoms with Gasteiger partial charge in [0.25, 0.3) is 0 Å². The van der Waals surface area contributed by atoms with E-state index < -0.39 is 0 Å². The Labute approximate surface area is 127 Å². The highest BCUT2D eigenvalue weighted by molar-refractivity contribution is 5.24. The average Bonchev–Trinajstić information content (AvgIpc) is 2.72. The van der Waals surface area contributed by atoms with E-state index in [-0.39, 0.29) is 5.54 Å². The summed E-state index contributed by atoms with van der Waals surface area (Å²) in [6.45, 7) is 6.49. The van der Waals surface area contributed by atoms with E-state index in [0.29, 0.717) is 0 Å². The van der Waals surface area contributed by atoms with Crippen molar-refractivity contribution in [3.05, 3.63) is 66.0 Å². The van der Waals surface area contributed by atoms with E-state index in [4.69, 9.17) is 0 Å². The van der Waals surface area contributed by atoms with E-state index in [1.807, 2.05) is 18.5 Å². The van der Waals surface area contributed by atoms with E-state index in [1.165, 1.54) is 17.5 Å². The molecule has 2 heterocycles. The first-order valence-electron chi connectivity index (χ1n) is 7.68. The van der Waals surface area contributed by atoms with Gasteiger partial charge in [-0.05, 0) is 43.6 Å². The molecule has 3 rings (SSSR count). The van der Waals surface area contributed by atoms with Crippen LogP contribution in [0.15, 0.2) is 54.9 Å². The average molecular weight is 281 g/mol. The molecule has 0 radical (unpaired) electrons. The maximum atomic E-state index is 4.23. The minimum absolute atomic E-state index is 0.0139. The van der Waals surface area contributed by atoms with Gasteiger partial charge >= 0.3 is 0 Å². The fourth-order valence-electron chi connectivity index (χ4n) is 3.13. The van der Waals surface area contributed by atoms with Gasteiger partial charge in [0.15, 0.2) is 0 Å². The van der Waals surface area contributed by atoms with Gasteiger partial charge in [-0.25, -0.2) is 0 Å². The Balaban J connectivity index is 1.77. The molecular formula is C18H23N3. The molecule has 0 amide bonds. The summed E-state index contributed by atoms with van der Waals surface area (Å²) in [5, 5.41) is 3.73. The van der Waals surface area contributed by atoms with Crippen molar-refractivity contribution in [1.82, 2.24) is 15.2 Å². The van der Waals surface area contributed by atoms with Crippen molar-refractivity contribution < 1.29 is 0 Å². The second-order valence-corrected chi connectivity index (χ2v) is 6.05. The minimum Gasteiger partial charge on any atom is -0.307 e. The van der Waals surface area contributed by atoms with Gasteiger partial charge in [0.1, 0.15) is 0 Å². The van der Waals surface area contributed by atoms with Gasteiger partial charge in [-0.2, -0.15) is 0 Å². The molecule has 1 aliphatic heterocycles. The van der Waals surface area contributed by atoms with E-state index in [1.54, 1.807) is 0 Å². The van der Waals surface area contributed by atoms with Crippen LogP contribution in [0.1, 0.15) is 24.5 Å². The lowest BCUT2D eigenvalue weighted by Gasteiger charge is -2.34. The fourth-order valence-corrected chi connectivity index (χ4v) is 3.13. The third-order valence-electron chi connectivity index (χ3n) is 4.25. The number of aromatic nitrogens is 1. The van der Waals surface area contributed by atoms with Crippen LogP contribution in [0.3, 0.4) is 0 Å². The number of nitrogens with zero attached hydrogens (tertiary/aromatic N) is 2. The van der Waals surface area contributed by atoms with Crippen molar-refractivity contribution in [1.29, 1.82) is 0 Å². The molecule has 2 aromatic rings. The summed E-state index contributed by atoms with van der Waals surface area (Å²) in [6, 6.07) is 14.9. The SMILES string of the molecule is CC1(c2ccccc2)CN(Cc2cccnc2)CCCN1. The Morgan fingerprint density at radius 1 is 1.19 bits per heavy atom. The number of nitrogens with one attached hydrogen (secondary N) is 1. The summed E-state index contributed by atoms with van der Waals surface area (Å²) in [5.41, 5.74) is 2.66. The molecule has 0 saturated carbocycles. The normalized spacial score (nSPS) is 23.7. The second-order valence-electron chi connectivity index (χ2n) is 6.05. The largest absolute Gasteiger partial charge is 0.307 e. The third kappa shape index (κ3) is 3.49. The van der Waals surface area contributed by atoms with Crippen LogP contribution in [0.5, 0.6) is 0 Å². The molecule has 0 bridgehead atoms. The first kappa shape index (κ1) is 14.2. The molecular weight excluding hydrogens is 258 g/mol. The number of benzene rings is 1. The number of rotatable bonds is 3. The standard InChI is InChI=1S/C18H23N3/c1-18(17-8-3-2-4-9-17)15-21(12-6-11-20-18)14-16-7-5-10-19-13-16/h2-5,7-10,13,20H,6,11-12,14-15H2,1H3. The first-order valence-corrected chi connectivity index (χ1v) is 7.68. The van der Waals surface area contributed by atoms with E-state index in [2.05, 4.69) is 58.5 Å². The van der Waals surface area contributed by atoms with Gasteiger partial charge in [-0.15, -0.1) is 0 Å². The van der Waals surface area contributed by atoms with Gasteiger partial charge in [-0.1, -0.05) is 36.4 Å². The lowest BCUT2D eigenvalue weighted by Crippen LogP contribution is -2.46. The van der Waals surface area contributed by atoms with Crippen LogP contribution in [0.25, 0.3) is 0 Å². The highest BCUT2D eigenvalue weighted by Gasteiger charge is 2.30. The van der Waals surface area contributed by atoms with E-state index in [0.717, 1.165) is 26.2 Å². The quantitative estimate of drug-likeness (QED) is 0.937. The number of pyridine rings is 1. The fraction of sp³-hybridized carbons (Fsp3) is 0.389. The molecule has 110 valence electrons. The van der Waals surface area contributed by atoms with Crippen molar-refractivity contribution in [3.8, 4) is 0 Å². The molecule has 1 aromatic carbocycles. The monoisotopic (exact) mass is 281 g/mol. The summed E-state index contributed by atoms with van der Waals surface area (Å²) >= 11 is 0. The van der Waals surface area contributed by atoms with Gasteiger partial charge in [0.05, 0.1) is 5.54 Å². The second kappa shape index (κ2) is 6.37. The van der Waals surface area contributed by atoms with Gasteiger partial charge in [-0.3, -0.25) is 9.88 Å². The maximum Gasteiger partial charge on any atom is 0.0535 e. The molecule has 0 aliphatic carbocycles. The molecule has 1 aliphatic rings. The van der Waals surface area contributed by atoms with Crippen LogP contribution in [0.2, 0.25) is 0 Å². The molecule has 21 heavy (non-hydrogen) atoms. The zero-order chi connectivity index (χ0) is 14.5. The Hall–Kier alpha value is -1.71. The summed E-state index contributed by atoms with van der Waals surface area (Å²) in [4.78, 5) is 6.76. The Morgan fingerprint density at radius 3 is 2.81 bits per heavy atom. The number of hydrogen-bond acceptors (Lipinski definition) is 3. The van der Waals surface area contributed by atoms with Crippen molar-refractivity contribution in [2.24, 2.45) is 0 Å². The summed E-state index contributed by atoms with van der Waals surface area (Å²) in [5.74, 6) is 0.